The molecule has 0 radical (unpaired) electrons. The second kappa shape index (κ2) is 10.3. The molecule has 1 aromatic rings. The number of hydrogen-bond donors (Lipinski definition) is 0. The van der Waals surface area contributed by atoms with Crippen molar-refractivity contribution in [1.29, 1.82) is 0 Å². The third kappa shape index (κ3) is 5.96. The fourth-order valence-electron chi connectivity index (χ4n) is 2.80. The largest absolute Gasteiger partial charge is 0.489 e. The van der Waals surface area contributed by atoms with Gasteiger partial charge in [-0.1, -0.05) is 72.9 Å². The molecule has 0 amide bonds. The van der Waals surface area contributed by atoms with Crippen LogP contribution < -0.4 is 0 Å². The summed E-state index contributed by atoms with van der Waals surface area (Å²) in [6, 6.07) is 10.2. The first-order valence-corrected chi connectivity index (χ1v) is 9.04. The summed E-state index contributed by atoms with van der Waals surface area (Å²) in [6.45, 7) is 12.5. The lowest BCUT2D eigenvalue weighted by Crippen LogP contribution is -2.21. The van der Waals surface area contributed by atoms with Gasteiger partial charge < -0.3 is 9.64 Å². The molecule has 136 valence electrons. The van der Waals surface area contributed by atoms with Crippen molar-refractivity contribution in [2.24, 2.45) is 0 Å². The molecule has 0 aromatic heterocycles. The van der Waals surface area contributed by atoms with Crippen LogP contribution in [0, 0.1) is 0 Å². The van der Waals surface area contributed by atoms with Crippen LogP contribution in [0.25, 0.3) is 0 Å². The van der Waals surface area contributed by atoms with Crippen LogP contribution in [-0.2, 0) is 11.3 Å². The van der Waals surface area contributed by atoms with E-state index in [0.29, 0.717) is 6.61 Å². The highest BCUT2D eigenvalue weighted by Crippen LogP contribution is 2.25. The van der Waals surface area contributed by atoms with Crippen molar-refractivity contribution in [3.05, 3.63) is 108 Å². The quantitative estimate of drug-likeness (QED) is 0.426. The summed E-state index contributed by atoms with van der Waals surface area (Å²) in [6.07, 6.45) is 14.2. The van der Waals surface area contributed by atoms with Gasteiger partial charge in [-0.2, -0.15) is 0 Å². The summed E-state index contributed by atoms with van der Waals surface area (Å²) in [5.74, 6) is 0.908. The molecular weight excluding hydrogens is 318 g/mol. The van der Waals surface area contributed by atoms with Gasteiger partial charge in [0, 0.05) is 24.4 Å². The first-order chi connectivity index (χ1) is 12.6. The third-order valence-electron chi connectivity index (χ3n) is 4.19. The topological polar surface area (TPSA) is 12.5 Å². The molecule has 2 rings (SSSR count). The minimum atomic E-state index is 0.564. The molecule has 0 saturated heterocycles. The molecule has 0 unspecified atom stereocenters. The van der Waals surface area contributed by atoms with Crippen molar-refractivity contribution < 1.29 is 4.74 Å². The number of ether oxygens (including phenoxy) is 1. The Morgan fingerprint density at radius 3 is 2.69 bits per heavy atom. The highest BCUT2D eigenvalue weighted by molar-refractivity contribution is 5.38. The van der Waals surface area contributed by atoms with Crippen LogP contribution in [0.2, 0.25) is 0 Å². The molecule has 0 fully saturated rings. The lowest BCUT2D eigenvalue weighted by atomic mass is 10.2. The first kappa shape index (κ1) is 19.6. The Bertz CT molecular complexity index is 748. The van der Waals surface area contributed by atoms with Gasteiger partial charge in [0.15, 0.2) is 0 Å². The van der Waals surface area contributed by atoms with Crippen molar-refractivity contribution in [1.82, 2.24) is 4.90 Å². The van der Waals surface area contributed by atoms with Crippen molar-refractivity contribution in [2.45, 2.75) is 27.4 Å². The zero-order valence-corrected chi connectivity index (χ0v) is 16.1. The van der Waals surface area contributed by atoms with Crippen molar-refractivity contribution in [3.63, 3.8) is 0 Å². The highest BCUT2D eigenvalue weighted by atomic mass is 16.5. The summed E-state index contributed by atoms with van der Waals surface area (Å²) in [5, 5.41) is 0. The molecule has 0 aliphatic carbocycles. The van der Waals surface area contributed by atoms with Gasteiger partial charge >= 0.3 is 0 Å². The first-order valence-electron chi connectivity index (χ1n) is 9.04. The SMILES string of the molecule is C=C/C=C\C(OCc1ccccc1)=C1\C=C(C)N(C/C(C)=C/C=C\C)C1. The maximum Gasteiger partial charge on any atom is 0.124 e. The van der Waals surface area contributed by atoms with E-state index in [0.717, 1.165) is 18.8 Å². The van der Waals surface area contributed by atoms with Gasteiger partial charge in [-0.3, -0.25) is 0 Å². The molecule has 0 N–H and O–H groups in total. The van der Waals surface area contributed by atoms with Crippen molar-refractivity contribution in [2.75, 3.05) is 13.1 Å². The third-order valence-corrected chi connectivity index (χ3v) is 4.19. The van der Waals surface area contributed by atoms with E-state index in [-0.39, 0.29) is 0 Å². The minimum absolute atomic E-state index is 0.564. The van der Waals surface area contributed by atoms with Crippen LogP contribution >= 0.6 is 0 Å². The van der Waals surface area contributed by atoms with E-state index in [2.05, 4.69) is 61.8 Å². The number of rotatable bonds is 8. The van der Waals surface area contributed by atoms with E-state index in [1.54, 1.807) is 6.08 Å². The van der Waals surface area contributed by atoms with Gasteiger partial charge in [0.05, 0.1) is 0 Å². The molecule has 26 heavy (non-hydrogen) atoms. The maximum absolute atomic E-state index is 6.13. The highest BCUT2D eigenvalue weighted by Gasteiger charge is 2.18. The number of hydrogen-bond acceptors (Lipinski definition) is 2. The van der Waals surface area contributed by atoms with E-state index in [9.17, 15) is 0 Å². The van der Waals surface area contributed by atoms with Crippen LogP contribution in [-0.4, -0.2) is 18.0 Å². The van der Waals surface area contributed by atoms with Crippen LogP contribution in [0.3, 0.4) is 0 Å². The van der Waals surface area contributed by atoms with Gasteiger partial charge in [0.2, 0.25) is 0 Å². The number of allylic oxidation sites excluding steroid dienone is 7. The van der Waals surface area contributed by atoms with Gasteiger partial charge in [-0.05, 0) is 38.5 Å². The second-order valence-corrected chi connectivity index (χ2v) is 6.44. The summed E-state index contributed by atoms with van der Waals surface area (Å²) in [5.41, 5.74) is 4.97. The van der Waals surface area contributed by atoms with Crippen LogP contribution in [0.4, 0.5) is 0 Å². The molecule has 0 spiro atoms. The maximum atomic E-state index is 6.13. The Morgan fingerprint density at radius 1 is 1.23 bits per heavy atom. The fraction of sp³-hybridized carbons (Fsp3) is 0.250. The summed E-state index contributed by atoms with van der Waals surface area (Å²) in [4.78, 5) is 2.37. The Hall–Kier alpha value is -2.74. The molecule has 1 aliphatic heterocycles. The molecule has 2 nitrogen and oxygen atoms in total. The molecule has 0 saturated carbocycles. The van der Waals surface area contributed by atoms with E-state index in [1.807, 2.05) is 37.3 Å². The Balaban J connectivity index is 2.14. The fourth-order valence-corrected chi connectivity index (χ4v) is 2.80. The zero-order valence-electron chi connectivity index (χ0n) is 16.1. The average Bonchev–Trinajstić information content (AvgIpc) is 3.01. The van der Waals surface area contributed by atoms with Gasteiger partial charge in [0.25, 0.3) is 0 Å². The van der Waals surface area contributed by atoms with Crippen LogP contribution in [0.1, 0.15) is 26.3 Å². The van der Waals surface area contributed by atoms with E-state index < -0.39 is 0 Å². The normalized spacial score (nSPS) is 17.1. The molecule has 1 aliphatic rings. The van der Waals surface area contributed by atoms with E-state index >= 15 is 0 Å². The van der Waals surface area contributed by atoms with Crippen molar-refractivity contribution in [3.8, 4) is 0 Å². The van der Waals surface area contributed by atoms with Crippen LogP contribution in [0.5, 0.6) is 0 Å². The number of nitrogens with zero attached hydrogens (tertiary/aromatic N) is 1. The summed E-state index contributed by atoms with van der Waals surface area (Å²) >= 11 is 0. The lowest BCUT2D eigenvalue weighted by molar-refractivity contribution is 0.207. The number of benzene rings is 1. The molecule has 2 heteroatoms. The standard InChI is InChI=1S/C24H29NO/c1-5-7-12-20(3)17-25-18-23(16-21(25)4)24(15-8-6-2)26-19-22-13-10-9-11-14-22/h5-16H,2,17-19H2,1,3-4H3/b7-5-,15-8-,20-12+,24-23+. The second-order valence-electron chi connectivity index (χ2n) is 6.44. The molecule has 0 atom stereocenters. The predicted molar refractivity (Wildman–Crippen MR) is 111 cm³/mol. The monoisotopic (exact) mass is 347 g/mol. The Kier molecular flexibility index (Phi) is 7.75. The molecule has 0 bridgehead atoms. The van der Waals surface area contributed by atoms with Gasteiger partial charge in [-0.25, -0.2) is 0 Å². The predicted octanol–water partition coefficient (Wildman–Crippen LogP) is 5.94. The Morgan fingerprint density at radius 2 is 2.00 bits per heavy atom. The van der Waals surface area contributed by atoms with E-state index in [4.69, 9.17) is 4.74 Å². The zero-order chi connectivity index (χ0) is 18.8. The van der Waals surface area contributed by atoms with Crippen LogP contribution in [0.15, 0.2) is 102 Å². The smallest absolute Gasteiger partial charge is 0.124 e. The minimum Gasteiger partial charge on any atom is -0.489 e. The van der Waals surface area contributed by atoms with Gasteiger partial charge in [0.1, 0.15) is 12.4 Å². The summed E-state index contributed by atoms with van der Waals surface area (Å²) in [7, 11) is 0. The van der Waals surface area contributed by atoms with Crippen molar-refractivity contribution >= 4 is 0 Å². The molecule has 1 aromatic carbocycles. The molecule has 1 heterocycles. The lowest BCUT2D eigenvalue weighted by Gasteiger charge is -2.20. The van der Waals surface area contributed by atoms with Gasteiger partial charge in [-0.15, -0.1) is 0 Å². The molecular formula is C24H29NO. The average molecular weight is 348 g/mol. The van der Waals surface area contributed by atoms with E-state index in [1.165, 1.54) is 22.4 Å². The Labute approximate surface area is 158 Å². The summed E-state index contributed by atoms with van der Waals surface area (Å²) < 4.78 is 6.13.